The van der Waals surface area contributed by atoms with Gasteiger partial charge in [0.15, 0.2) is 10.6 Å². The number of ether oxygens (including phenoxy) is 1. The molecule has 3 N–H and O–H groups in total. The van der Waals surface area contributed by atoms with Crippen LogP contribution < -0.4 is 10.1 Å². The number of aromatic amines is 1. The Morgan fingerprint density at radius 2 is 2.00 bits per heavy atom. The van der Waals surface area contributed by atoms with E-state index in [0.29, 0.717) is 10.6 Å². The van der Waals surface area contributed by atoms with Crippen molar-refractivity contribution in [3.05, 3.63) is 64.4 Å². The van der Waals surface area contributed by atoms with Gasteiger partial charge in [-0.3, -0.25) is 14.5 Å². The number of carbonyl (C=O) groups excluding carboxylic acids is 1. The monoisotopic (exact) mass is 480 g/mol. The molecule has 3 rings (SSSR count). The Labute approximate surface area is 193 Å². The molecular formula is C22H23F3N4O3S. The molecule has 1 unspecified atom stereocenters. The van der Waals surface area contributed by atoms with Crippen LogP contribution in [0.3, 0.4) is 0 Å². The maximum Gasteiger partial charge on any atom is 0.416 e. The second kappa shape index (κ2) is 10.6. The fourth-order valence-corrected chi connectivity index (χ4v) is 3.22. The molecule has 0 aliphatic heterocycles. The second-order valence-electron chi connectivity index (χ2n) is 7.41. The molecule has 0 saturated heterocycles. The first-order chi connectivity index (χ1) is 15.6. The first-order valence-corrected chi connectivity index (χ1v) is 10.5. The molecule has 2 aromatic carbocycles. The summed E-state index contributed by atoms with van der Waals surface area (Å²) in [5.41, 5.74) is 1.12. The van der Waals surface area contributed by atoms with Gasteiger partial charge in [-0.1, -0.05) is 35.9 Å². The van der Waals surface area contributed by atoms with E-state index in [9.17, 15) is 23.1 Å². The van der Waals surface area contributed by atoms with Crippen molar-refractivity contribution in [2.45, 2.75) is 32.2 Å². The summed E-state index contributed by atoms with van der Waals surface area (Å²) < 4.78 is 45.5. The molecule has 176 valence electrons. The number of benzene rings is 2. The average molecular weight is 481 g/mol. The van der Waals surface area contributed by atoms with Crippen molar-refractivity contribution in [3.8, 4) is 17.1 Å². The summed E-state index contributed by atoms with van der Waals surface area (Å²) in [7, 11) is 0. The van der Waals surface area contributed by atoms with Crippen molar-refractivity contribution in [2.75, 3.05) is 13.2 Å². The number of H-pyrrole nitrogens is 1. The highest BCUT2D eigenvalue weighted by Gasteiger charge is 2.30. The third kappa shape index (κ3) is 6.90. The van der Waals surface area contributed by atoms with Crippen molar-refractivity contribution in [2.24, 2.45) is 0 Å². The van der Waals surface area contributed by atoms with Crippen LogP contribution in [0.15, 0.2) is 48.5 Å². The molecule has 0 saturated carbocycles. The molecule has 0 radical (unpaired) electrons. The molecule has 1 heterocycles. The predicted molar refractivity (Wildman–Crippen MR) is 118 cm³/mol. The molecule has 0 bridgehead atoms. The number of aliphatic hydroxyl groups is 1. The fraction of sp³-hybridized carbons (Fsp3) is 0.318. The van der Waals surface area contributed by atoms with Crippen LogP contribution >= 0.6 is 12.2 Å². The maximum atomic E-state index is 12.7. The Morgan fingerprint density at radius 3 is 2.70 bits per heavy atom. The van der Waals surface area contributed by atoms with Gasteiger partial charge >= 0.3 is 6.18 Å². The third-order valence-corrected chi connectivity index (χ3v) is 5.08. The zero-order valence-electron chi connectivity index (χ0n) is 17.7. The van der Waals surface area contributed by atoms with Gasteiger partial charge in [-0.15, -0.1) is 0 Å². The van der Waals surface area contributed by atoms with E-state index in [0.717, 1.165) is 23.3 Å². The maximum absolute atomic E-state index is 12.7. The number of rotatable bonds is 9. The number of aliphatic hydroxyl groups excluding tert-OH is 1. The van der Waals surface area contributed by atoms with E-state index in [2.05, 4.69) is 15.5 Å². The SMILES string of the molecule is Cc1ccc(-c2n[nH]c(=S)n2CCC(=O)NCC(O)COc2cccc(C(F)(F)F)c2)cc1. The van der Waals surface area contributed by atoms with Crippen molar-refractivity contribution < 1.29 is 27.8 Å². The Kier molecular flexibility index (Phi) is 7.88. The summed E-state index contributed by atoms with van der Waals surface area (Å²) in [5.74, 6) is 0.265. The van der Waals surface area contributed by atoms with Gasteiger partial charge in [-0.05, 0) is 37.3 Å². The number of aryl methyl sites for hydroxylation is 1. The highest BCUT2D eigenvalue weighted by atomic mass is 32.1. The number of hydrogen-bond acceptors (Lipinski definition) is 5. The van der Waals surface area contributed by atoms with Gasteiger partial charge in [-0.2, -0.15) is 18.3 Å². The Balaban J connectivity index is 1.47. The van der Waals surface area contributed by atoms with Crippen LogP contribution in [0.2, 0.25) is 0 Å². The van der Waals surface area contributed by atoms with Crippen molar-refractivity contribution in [1.29, 1.82) is 0 Å². The van der Waals surface area contributed by atoms with Crippen LogP contribution in [0.1, 0.15) is 17.5 Å². The molecule has 33 heavy (non-hydrogen) atoms. The van der Waals surface area contributed by atoms with E-state index in [-0.39, 0.29) is 37.8 Å². The number of hydrogen-bond donors (Lipinski definition) is 3. The molecule has 0 spiro atoms. The Hall–Kier alpha value is -3.18. The van der Waals surface area contributed by atoms with Crippen LogP contribution in [-0.2, 0) is 17.5 Å². The summed E-state index contributed by atoms with van der Waals surface area (Å²) in [6.45, 7) is 1.87. The van der Waals surface area contributed by atoms with Gasteiger partial charge in [0.2, 0.25) is 5.91 Å². The number of aromatic nitrogens is 3. The molecule has 0 fully saturated rings. The molecule has 1 amide bonds. The first-order valence-electron chi connectivity index (χ1n) is 10.1. The van der Waals surface area contributed by atoms with Crippen LogP contribution in [0.5, 0.6) is 5.75 Å². The Morgan fingerprint density at radius 1 is 1.27 bits per heavy atom. The predicted octanol–water partition coefficient (Wildman–Crippen LogP) is 3.88. The molecule has 3 aromatic rings. The van der Waals surface area contributed by atoms with E-state index in [4.69, 9.17) is 17.0 Å². The molecule has 11 heteroatoms. The van der Waals surface area contributed by atoms with Gasteiger partial charge in [-0.25, -0.2) is 0 Å². The largest absolute Gasteiger partial charge is 0.491 e. The van der Waals surface area contributed by atoms with E-state index < -0.39 is 17.8 Å². The first kappa shape index (κ1) is 24.5. The minimum Gasteiger partial charge on any atom is -0.491 e. The topological polar surface area (TPSA) is 92.2 Å². The van der Waals surface area contributed by atoms with E-state index in [1.54, 1.807) is 4.57 Å². The molecular weight excluding hydrogens is 457 g/mol. The van der Waals surface area contributed by atoms with Crippen LogP contribution in [0.4, 0.5) is 13.2 Å². The van der Waals surface area contributed by atoms with Gasteiger partial charge in [0, 0.05) is 25.1 Å². The van der Waals surface area contributed by atoms with E-state index in [1.165, 1.54) is 12.1 Å². The summed E-state index contributed by atoms with van der Waals surface area (Å²) in [6.07, 6.45) is -5.49. The number of halogens is 3. The molecule has 1 aromatic heterocycles. The number of nitrogens with zero attached hydrogens (tertiary/aromatic N) is 2. The van der Waals surface area contributed by atoms with Crippen molar-refractivity contribution in [1.82, 2.24) is 20.1 Å². The van der Waals surface area contributed by atoms with E-state index >= 15 is 0 Å². The zero-order valence-corrected chi connectivity index (χ0v) is 18.5. The minimum absolute atomic E-state index is 0.0202. The lowest BCUT2D eigenvalue weighted by Gasteiger charge is -2.14. The lowest BCUT2D eigenvalue weighted by molar-refractivity contribution is -0.137. The number of amides is 1. The van der Waals surface area contributed by atoms with Crippen LogP contribution in [0.25, 0.3) is 11.4 Å². The average Bonchev–Trinajstić information content (AvgIpc) is 3.15. The second-order valence-corrected chi connectivity index (χ2v) is 7.80. The van der Waals surface area contributed by atoms with Gasteiger partial charge in [0.25, 0.3) is 0 Å². The van der Waals surface area contributed by atoms with Gasteiger partial charge in [0.05, 0.1) is 5.56 Å². The van der Waals surface area contributed by atoms with E-state index in [1.807, 2.05) is 31.2 Å². The lowest BCUT2D eigenvalue weighted by Crippen LogP contribution is -2.35. The van der Waals surface area contributed by atoms with Crippen molar-refractivity contribution in [3.63, 3.8) is 0 Å². The smallest absolute Gasteiger partial charge is 0.416 e. The number of nitrogens with one attached hydrogen (secondary N) is 2. The minimum atomic E-state index is -4.48. The van der Waals surface area contributed by atoms with Crippen molar-refractivity contribution >= 4 is 18.1 Å². The fourth-order valence-electron chi connectivity index (χ4n) is 3.00. The molecule has 0 aliphatic rings. The molecule has 0 aliphatic carbocycles. The number of carbonyl (C=O) groups is 1. The number of alkyl halides is 3. The molecule has 7 nitrogen and oxygen atoms in total. The highest BCUT2D eigenvalue weighted by Crippen LogP contribution is 2.31. The third-order valence-electron chi connectivity index (χ3n) is 4.77. The normalized spacial score (nSPS) is 12.4. The summed E-state index contributed by atoms with van der Waals surface area (Å²) in [6, 6.07) is 12.1. The van der Waals surface area contributed by atoms with Crippen LogP contribution in [0, 0.1) is 11.7 Å². The van der Waals surface area contributed by atoms with Crippen LogP contribution in [-0.4, -0.2) is 45.0 Å². The summed E-state index contributed by atoms with van der Waals surface area (Å²) in [5, 5.41) is 19.5. The Bertz CT molecular complexity index is 1140. The van der Waals surface area contributed by atoms with Gasteiger partial charge in [0.1, 0.15) is 18.5 Å². The highest BCUT2D eigenvalue weighted by molar-refractivity contribution is 7.71. The summed E-state index contributed by atoms with van der Waals surface area (Å²) >= 11 is 5.26. The summed E-state index contributed by atoms with van der Waals surface area (Å²) in [4.78, 5) is 12.2. The lowest BCUT2D eigenvalue weighted by atomic mass is 10.1. The van der Waals surface area contributed by atoms with Gasteiger partial charge < -0.3 is 15.2 Å². The quantitative estimate of drug-likeness (QED) is 0.405. The standard InChI is InChI=1S/C22H23F3N4O3S/c1-14-5-7-15(8-6-14)20-27-28-21(33)29(20)10-9-19(31)26-12-17(30)13-32-18-4-2-3-16(11-18)22(23,24)25/h2-8,11,17,30H,9-10,12-13H2,1H3,(H,26,31)(H,28,33). The zero-order chi connectivity index (χ0) is 24.0. The molecule has 1 atom stereocenters.